The minimum atomic E-state index is -4.15. The number of nitrogens with one attached hydrogen (secondary N) is 1. The van der Waals surface area contributed by atoms with Crippen LogP contribution in [-0.2, 0) is 19.7 Å². The molecule has 10 nitrogen and oxygen atoms in total. The standard InChI is InChI=1S/C26H21IN2O8S/c1-3-36-22-15-16(14-21(27)23(22)37-38(33,34)19-7-5-4-6-8-19)13-20-24(30)28-26(32)29(25(20)31)17-9-11-18(35-2)12-10-17/h4-15H,3H2,1-2H3,(H,28,30,32)/b20-13+. The van der Waals surface area contributed by atoms with E-state index in [-0.39, 0.29) is 34.3 Å². The molecule has 3 aromatic rings. The number of hydrogen-bond acceptors (Lipinski definition) is 8. The first-order valence-corrected chi connectivity index (χ1v) is 13.6. The highest BCUT2D eigenvalue weighted by atomic mass is 127. The average Bonchev–Trinajstić information content (AvgIpc) is 2.89. The monoisotopic (exact) mass is 648 g/mol. The number of carbonyl (C=O) groups is 3. The van der Waals surface area contributed by atoms with Crippen LogP contribution in [0.25, 0.3) is 6.08 Å². The van der Waals surface area contributed by atoms with E-state index in [2.05, 4.69) is 5.32 Å². The van der Waals surface area contributed by atoms with E-state index in [0.717, 1.165) is 4.90 Å². The molecule has 12 heteroatoms. The number of amides is 4. The van der Waals surface area contributed by atoms with Gasteiger partial charge < -0.3 is 13.7 Å². The van der Waals surface area contributed by atoms with Crippen molar-refractivity contribution in [2.45, 2.75) is 11.8 Å². The van der Waals surface area contributed by atoms with Gasteiger partial charge in [0.1, 0.15) is 16.2 Å². The number of hydrogen-bond donors (Lipinski definition) is 1. The van der Waals surface area contributed by atoms with Crippen molar-refractivity contribution in [2.24, 2.45) is 0 Å². The maximum Gasteiger partial charge on any atom is 0.339 e. The molecule has 1 saturated heterocycles. The molecule has 0 spiro atoms. The molecule has 0 aliphatic carbocycles. The first kappa shape index (κ1) is 27.1. The van der Waals surface area contributed by atoms with Crippen LogP contribution in [0, 0.1) is 3.57 Å². The van der Waals surface area contributed by atoms with E-state index in [1.807, 2.05) is 22.6 Å². The first-order chi connectivity index (χ1) is 18.1. The Morgan fingerprint density at radius 2 is 1.68 bits per heavy atom. The van der Waals surface area contributed by atoms with Crippen LogP contribution in [0.1, 0.15) is 12.5 Å². The molecule has 1 aliphatic rings. The number of carbonyl (C=O) groups excluding carboxylic acids is 3. The third-order valence-electron chi connectivity index (χ3n) is 5.30. The molecule has 0 bridgehead atoms. The van der Waals surface area contributed by atoms with Crippen LogP contribution >= 0.6 is 22.6 Å². The van der Waals surface area contributed by atoms with Gasteiger partial charge in [-0.25, -0.2) is 9.69 Å². The van der Waals surface area contributed by atoms with Gasteiger partial charge in [0.25, 0.3) is 11.8 Å². The molecule has 0 radical (unpaired) electrons. The Labute approximate surface area is 232 Å². The maximum absolute atomic E-state index is 13.2. The zero-order chi connectivity index (χ0) is 27.4. The molecule has 4 amide bonds. The van der Waals surface area contributed by atoms with Crippen molar-refractivity contribution in [1.82, 2.24) is 5.32 Å². The smallest absolute Gasteiger partial charge is 0.339 e. The fourth-order valence-electron chi connectivity index (χ4n) is 3.55. The number of methoxy groups -OCH3 is 1. The SMILES string of the molecule is CCOc1cc(/C=C2\C(=O)NC(=O)N(c3ccc(OC)cc3)C2=O)cc(I)c1OS(=O)(=O)c1ccccc1. The minimum Gasteiger partial charge on any atom is -0.497 e. The molecule has 196 valence electrons. The van der Waals surface area contributed by atoms with Crippen LogP contribution < -0.4 is 23.9 Å². The number of halogens is 1. The van der Waals surface area contributed by atoms with E-state index in [1.165, 1.54) is 49.6 Å². The molecule has 1 fully saturated rings. The lowest BCUT2D eigenvalue weighted by molar-refractivity contribution is -0.122. The summed E-state index contributed by atoms with van der Waals surface area (Å²) in [5.41, 5.74) is 0.292. The number of urea groups is 1. The summed E-state index contributed by atoms with van der Waals surface area (Å²) < 4.78 is 42.1. The molecule has 0 aromatic heterocycles. The third kappa shape index (κ3) is 5.65. The van der Waals surface area contributed by atoms with Crippen molar-refractivity contribution in [1.29, 1.82) is 0 Å². The van der Waals surface area contributed by atoms with Crippen LogP contribution in [0.15, 0.2) is 77.2 Å². The van der Waals surface area contributed by atoms with Crippen LogP contribution in [-0.4, -0.2) is 40.0 Å². The molecule has 0 atom stereocenters. The zero-order valence-electron chi connectivity index (χ0n) is 20.1. The number of barbiturate groups is 1. The highest BCUT2D eigenvalue weighted by molar-refractivity contribution is 14.1. The van der Waals surface area contributed by atoms with Crippen LogP contribution in [0.3, 0.4) is 0 Å². The highest BCUT2D eigenvalue weighted by Gasteiger charge is 2.37. The third-order valence-corrected chi connectivity index (χ3v) is 7.34. The molecule has 3 aromatic carbocycles. The van der Waals surface area contributed by atoms with Crippen molar-refractivity contribution < 1.29 is 36.5 Å². The number of ether oxygens (including phenoxy) is 2. The maximum atomic E-state index is 13.2. The second-order valence-electron chi connectivity index (χ2n) is 7.77. The average molecular weight is 648 g/mol. The predicted octanol–water partition coefficient (Wildman–Crippen LogP) is 4.13. The van der Waals surface area contributed by atoms with Gasteiger partial charge in [-0.05, 0) is 89.7 Å². The lowest BCUT2D eigenvalue weighted by Crippen LogP contribution is -2.54. The summed E-state index contributed by atoms with van der Waals surface area (Å²) in [4.78, 5) is 39.1. The Balaban J connectivity index is 1.71. The number of nitrogens with zero attached hydrogens (tertiary/aromatic N) is 1. The number of benzene rings is 3. The van der Waals surface area contributed by atoms with Crippen molar-refractivity contribution in [3.63, 3.8) is 0 Å². The van der Waals surface area contributed by atoms with Gasteiger partial charge in [-0.15, -0.1) is 0 Å². The second kappa shape index (κ2) is 11.2. The van der Waals surface area contributed by atoms with Crippen molar-refractivity contribution in [3.8, 4) is 17.2 Å². The van der Waals surface area contributed by atoms with Gasteiger partial charge in [0.2, 0.25) is 0 Å². The fourth-order valence-corrected chi connectivity index (χ4v) is 5.41. The first-order valence-electron chi connectivity index (χ1n) is 11.2. The Morgan fingerprint density at radius 1 is 1.00 bits per heavy atom. The van der Waals surface area contributed by atoms with E-state index in [4.69, 9.17) is 13.7 Å². The summed E-state index contributed by atoms with van der Waals surface area (Å²) >= 11 is 1.88. The summed E-state index contributed by atoms with van der Waals surface area (Å²) in [6.45, 7) is 1.90. The van der Waals surface area contributed by atoms with Crippen molar-refractivity contribution >= 4 is 62.3 Å². The summed E-state index contributed by atoms with van der Waals surface area (Å²) in [7, 11) is -2.67. The van der Waals surface area contributed by atoms with Crippen molar-refractivity contribution in [3.05, 3.63) is 81.4 Å². The van der Waals surface area contributed by atoms with E-state index in [9.17, 15) is 22.8 Å². The summed E-state index contributed by atoms with van der Waals surface area (Å²) in [6.07, 6.45) is 1.29. The lowest BCUT2D eigenvalue weighted by atomic mass is 10.1. The normalized spacial score (nSPS) is 14.9. The van der Waals surface area contributed by atoms with E-state index < -0.39 is 28.0 Å². The minimum absolute atomic E-state index is 0.0304. The van der Waals surface area contributed by atoms with Gasteiger partial charge in [0.05, 0.1) is 23.0 Å². The van der Waals surface area contributed by atoms with Crippen LogP contribution in [0.2, 0.25) is 0 Å². The Kier molecular flexibility index (Phi) is 8.02. The Hall–Kier alpha value is -3.91. The van der Waals surface area contributed by atoms with Gasteiger partial charge in [-0.2, -0.15) is 8.42 Å². The Morgan fingerprint density at radius 3 is 2.32 bits per heavy atom. The Bertz CT molecular complexity index is 1540. The molecule has 0 unspecified atom stereocenters. The molecular formula is C26H21IN2O8S. The quantitative estimate of drug-likeness (QED) is 0.167. The van der Waals surface area contributed by atoms with E-state index in [0.29, 0.717) is 14.9 Å². The van der Waals surface area contributed by atoms with E-state index in [1.54, 1.807) is 37.3 Å². The lowest BCUT2D eigenvalue weighted by Gasteiger charge is -2.26. The largest absolute Gasteiger partial charge is 0.497 e. The topological polar surface area (TPSA) is 128 Å². The van der Waals surface area contributed by atoms with Gasteiger partial charge in [-0.1, -0.05) is 18.2 Å². The molecule has 1 heterocycles. The van der Waals surface area contributed by atoms with Gasteiger partial charge in [0.15, 0.2) is 11.5 Å². The second-order valence-corrected chi connectivity index (χ2v) is 10.5. The van der Waals surface area contributed by atoms with Gasteiger partial charge >= 0.3 is 16.1 Å². The molecular weight excluding hydrogens is 627 g/mol. The fraction of sp³-hybridized carbons (Fsp3) is 0.115. The van der Waals surface area contributed by atoms with Crippen molar-refractivity contribution in [2.75, 3.05) is 18.6 Å². The van der Waals surface area contributed by atoms with Gasteiger partial charge in [-0.3, -0.25) is 14.9 Å². The predicted molar refractivity (Wildman–Crippen MR) is 147 cm³/mol. The molecule has 4 rings (SSSR count). The van der Waals surface area contributed by atoms with Gasteiger partial charge in [0, 0.05) is 0 Å². The van der Waals surface area contributed by atoms with Crippen LogP contribution in [0.4, 0.5) is 10.5 Å². The summed E-state index contributed by atoms with van der Waals surface area (Å²) in [5, 5.41) is 2.16. The molecule has 1 aliphatic heterocycles. The number of rotatable bonds is 8. The summed E-state index contributed by atoms with van der Waals surface area (Å²) in [6, 6.07) is 15.9. The number of imide groups is 2. The molecule has 0 saturated carbocycles. The summed E-state index contributed by atoms with van der Waals surface area (Å²) in [5.74, 6) is -1.11. The van der Waals surface area contributed by atoms with Crippen LogP contribution in [0.5, 0.6) is 17.2 Å². The number of anilines is 1. The highest BCUT2D eigenvalue weighted by Crippen LogP contribution is 2.37. The van der Waals surface area contributed by atoms with E-state index >= 15 is 0 Å². The molecule has 38 heavy (non-hydrogen) atoms. The zero-order valence-corrected chi connectivity index (χ0v) is 23.1. The molecule has 1 N–H and O–H groups in total.